The lowest BCUT2D eigenvalue weighted by Gasteiger charge is -2.15. The summed E-state index contributed by atoms with van der Waals surface area (Å²) in [5.74, 6) is -0.453. The van der Waals surface area contributed by atoms with Gasteiger partial charge < -0.3 is 14.2 Å². The molecule has 2 heterocycles. The van der Waals surface area contributed by atoms with Crippen LogP contribution in [0.1, 0.15) is 0 Å². The van der Waals surface area contributed by atoms with Crippen LogP contribution in [0.25, 0.3) is 0 Å². The van der Waals surface area contributed by atoms with Gasteiger partial charge in [0.1, 0.15) is 0 Å². The average Bonchev–Trinajstić information content (AvgIpc) is 2.57. The van der Waals surface area contributed by atoms with Crippen molar-refractivity contribution >= 4 is 5.97 Å². The van der Waals surface area contributed by atoms with E-state index in [-0.39, 0.29) is 17.8 Å². The molecule has 4 nitrogen and oxygen atoms in total. The van der Waals surface area contributed by atoms with Gasteiger partial charge in [0.25, 0.3) is 0 Å². The molecule has 0 aliphatic carbocycles. The zero-order valence-electron chi connectivity index (χ0n) is 7.93. The monoisotopic (exact) mass is 196 g/mol. The predicted molar refractivity (Wildman–Crippen MR) is 48.1 cm³/mol. The molecule has 2 atom stereocenters. The quantitative estimate of drug-likeness (QED) is 0.583. The Kier molecular flexibility index (Phi) is 2.54. The molecule has 0 radical (unpaired) electrons. The van der Waals surface area contributed by atoms with Crippen molar-refractivity contribution in [1.82, 2.24) is 0 Å². The third kappa shape index (κ3) is 1.53. The van der Waals surface area contributed by atoms with Gasteiger partial charge >= 0.3 is 5.97 Å². The molecule has 0 bridgehead atoms. The minimum Gasteiger partial charge on any atom is -0.473 e. The summed E-state index contributed by atoms with van der Waals surface area (Å²) in [4.78, 5) is 11.5. The van der Waals surface area contributed by atoms with E-state index >= 15 is 0 Å². The largest absolute Gasteiger partial charge is 0.473 e. The van der Waals surface area contributed by atoms with Crippen LogP contribution in [0, 0.1) is 11.8 Å². The number of rotatable bonds is 1. The van der Waals surface area contributed by atoms with E-state index in [0.29, 0.717) is 13.2 Å². The number of hydrogen-bond donors (Lipinski definition) is 0. The molecule has 2 aliphatic heterocycles. The molecule has 14 heavy (non-hydrogen) atoms. The molecule has 2 aliphatic rings. The van der Waals surface area contributed by atoms with Crippen LogP contribution >= 0.6 is 0 Å². The molecule has 0 unspecified atom stereocenters. The molecule has 0 saturated carbocycles. The third-order valence-corrected chi connectivity index (χ3v) is 2.53. The van der Waals surface area contributed by atoms with Crippen LogP contribution in [-0.4, -0.2) is 26.3 Å². The lowest BCUT2D eigenvalue weighted by Crippen LogP contribution is -2.24. The molecule has 76 valence electrons. The predicted octanol–water partition coefficient (Wildman–Crippen LogP) is 0.850. The van der Waals surface area contributed by atoms with Gasteiger partial charge in [0.2, 0.25) is 0 Å². The summed E-state index contributed by atoms with van der Waals surface area (Å²) in [7, 11) is 1.39. The van der Waals surface area contributed by atoms with E-state index < -0.39 is 0 Å². The number of hydrogen-bond acceptors (Lipinski definition) is 4. The Balaban J connectivity index is 2.22. The minimum absolute atomic E-state index is 0.0706. The number of methoxy groups -OCH3 is 1. The SMILES string of the molecule is COC(=O)[C@@H]1C=COC=C2COC[C@H]21. The van der Waals surface area contributed by atoms with Crippen LogP contribution in [0.3, 0.4) is 0 Å². The Morgan fingerprint density at radius 1 is 1.64 bits per heavy atom. The van der Waals surface area contributed by atoms with Gasteiger partial charge in [-0.3, -0.25) is 4.79 Å². The molecule has 1 fully saturated rings. The molecule has 0 amide bonds. The fraction of sp³-hybridized carbons (Fsp3) is 0.500. The van der Waals surface area contributed by atoms with Crippen molar-refractivity contribution in [3.63, 3.8) is 0 Å². The summed E-state index contributed by atoms with van der Waals surface area (Å²) in [6, 6.07) is 0. The molecule has 1 saturated heterocycles. The maximum absolute atomic E-state index is 11.5. The maximum atomic E-state index is 11.5. The Morgan fingerprint density at radius 2 is 2.50 bits per heavy atom. The van der Waals surface area contributed by atoms with Crippen LogP contribution in [0.4, 0.5) is 0 Å². The van der Waals surface area contributed by atoms with Crippen molar-refractivity contribution in [1.29, 1.82) is 0 Å². The molecular formula is C10H12O4. The molecule has 0 N–H and O–H groups in total. The van der Waals surface area contributed by atoms with Crippen LogP contribution in [0.5, 0.6) is 0 Å². The highest BCUT2D eigenvalue weighted by Crippen LogP contribution is 2.31. The number of carbonyl (C=O) groups is 1. The zero-order chi connectivity index (χ0) is 9.97. The van der Waals surface area contributed by atoms with E-state index in [4.69, 9.17) is 14.2 Å². The summed E-state index contributed by atoms with van der Waals surface area (Å²) in [6.07, 6.45) is 4.89. The van der Waals surface area contributed by atoms with Crippen molar-refractivity contribution in [3.05, 3.63) is 24.2 Å². The van der Waals surface area contributed by atoms with Gasteiger partial charge in [-0.05, 0) is 11.6 Å². The fourth-order valence-corrected chi connectivity index (χ4v) is 1.74. The number of carbonyl (C=O) groups excluding carboxylic acids is 1. The Labute approximate surface area is 82.1 Å². The standard InChI is InChI=1S/C10H12O4/c1-12-10(11)8-2-3-13-4-7-5-14-6-9(7)8/h2-4,8-9H,5-6H2,1H3/t8-,9-/m1/s1. The first kappa shape index (κ1) is 9.27. The smallest absolute Gasteiger partial charge is 0.313 e. The third-order valence-electron chi connectivity index (χ3n) is 2.53. The van der Waals surface area contributed by atoms with Gasteiger partial charge in [0, 0.05) is 5.92 Å². The minimum atomic E-state index is -0.281. The second-order valence-corrected chi connectivity index (χ2v) is 3.33. The molecule has 0 spiro atoms. The first-order chi connectivity index (χ1) is 6.83. The topological polar surface area (TPSA) is 44.8 Å². The Morgan fingerprint density at radius 3 is 3.29 bits per heavy atom. The zero-order valence-corrected chi connectivity index (χ0v) is 7.93. The lowest BCUT2D eigenvalue weighted by atomic mass is 9.89. The summed E-state index contributed by atoms with van der Waals surface area (Å²) in [5.41, 5.74) is 1.02. The summed E-state index contributed by atoms with van der Waals surface area (Å²) < 4.78 is 15.1. The number of esters is 1. The van der Waals surface area contributed by atoms with Gasteiger partial charge in [-0.15, -0.1) is 0 Å². The fourth-order valence-electron chi connectivity index (χ4n) is 1.74. The molecule has 2 rings (SSSR count). The van der Waals surface area contributed by atoms with Gasteiger partial charge in [-0.1, -0.05) is 0 Å². The molecule has 0 aromatic carbocycles. The molecular weight excluding hydrogens is 184 g/mol. The van der Waals surface area contributed by atoms with Crippen LogP contribution < -0.4 is 0 Å². The van der Waals surface area contributed by atoms with Gasteiger partial charge in [0.05, 0.1) is 38.8 Å². The molecule has 0 aromatic rings. The highest BCUT2D eigenvalue weighted by Gasteiger charge is 2.35. The molecule has 4 heteroatoms. The van der Waals surface area contributed by atoms with E-state index in [1.165, 1.54) is 13.4 Å². The van der Waals surface area contributed by atoms with Crippen molar-refractivity contribution in [2.24, 2.45) is 11.8 Å². The van der Waals surface area contributed by atoms with Crippen molar-refractivity contribution < 1.29 is 19.0 Å². The molecule has 0 aromatic heterocycles. The first-order valence-corrected chi connectivity index (χ1v) is 4.49. The number of ether oxygens (including phenoxy) is 3. The second kappa shape index (κ2) is 3.84. The lowest BCUT2D eigenvalue weighted by molar-refractivity contribution is -0.145. The first-order valence-electron chi connectivity index (χ1n) is 4.49. The van der Waals surface area contributed by atoms with Gasteiger partial charge in [0.15, 0.2) is 0 Å². The van der Waals surface area contributed by atoms with Crippen molar-refractivity contribution in [2.45, 2.75) is 0 Å². The Bertz CT molecular complexity index is 292. The van der Waals surface area contributed by atoms with E-state index in [9.17, 15) is 4.79 Å². The van der Waals surface area contributed by atoms with Crippen molar-refractivity contribution in [3.8, 4) is 0 Å². The van der Waals surface area contributed by atoms with E-state index in [2.05, 4.69) is 0 Å². The second-order valence-electron chi connectivity index (χ2n) is 3.33. The van der Waals surface area contributed by atoms with Crippen LogP contribution in [0.2, 0.25) is 0 Å². The summed E-state index contributed by atoms with van der Waals surface area (Å²) in [6.45, 7) is 1.10. The highest BCUT2D eigenvalue weighted by molar-refractivity contribution is 5.75. The van der Waals surface area contributed by atoms with Gasteiger partial charge in [-0.2, -0.15) is 0 Å². The summed E-state index contributed by atoms with van der Waals surface area (Å²) >= 11 is 0. The summed E-state index contributed by atoms with van der Waals surface area (Å²) in [5, 5.41) is 0. The van der Waals surface area contributed by atoms with Gasteiger partial charge in [-0.25, -0.2) is 0 Å². The van der Waals surface area contributed by atoms with E-state index in [1.807, 2.05) is 0 Å². The van der Waals surface area contributed by atoms with Crippen LogP contribution in [0.15, 0.2) is 24.2 Å². The highest BCUT2D eigenvalue weighted by atomic mass is 16.5. The Hall–Kier alpha value is -1.29. The van der Waals surface area contributed by atoms with Crippen LogP contribution in [-0.2, 0) is 19.0 Å². The maximum Gasteiger partial charge on any atom is 0.313 e. The number of fused-ring (bicyclic) bond motifs is 1. The van der Waals surface area contributed by atoms with E-state index in [0.717, 1.165) is 5.57 Å². The van der Waals surface area contributed by atoms with E-state index in [1.54, 1.807) is 12.3 Å². The average molecular weight is 196 g/mol. The normalized spacial score (nSPS) is 29.9. The van der Waals surface area contributed by atoms with Crippen molar-refractivity contribution in [2.75, 3.05) is 20.3 Å².